The van der Waals surface area contributed by atoms with Crippen LogP contribution in [0.1, 0.15) is 59.8 Å². The summed E-state index contributed by atoms with van der Waals surface area (Å²) < 4.78 is 44.2. The number of amides is 5. The molecule has 5 amide bonds. The molecule has 246 valence electrons. The number of nitrogens with two attached hydrogens (primary N) is 1. The van der Waals surface area contributed by atoms with Crippen molar-refractivity contribution in [3.63, 3.8) is 0 Å². The van der Waals surface area contributed by atoms with Gasteiger partial charge in [0.1, 0.15) is 6.04 Å². The smallest absolute Gasteiger partial charge is 0.405 e. The van der Waals surface area contributed by atoms with Gasteiger partial charge in [0.2, 0.25) is 11.8 Å². The first-order valence-electron chi connectivity index (χ1n) is 14.6. The van der Waals surface area contributed by atoms with E-state index in [9.17, 15) is 42.3 Å². The number of nitrogens with one attached hydrogen (secondary N) is 4. The van der Waals surface area contributed by atoms with E-state index in [1.54, 1.807) is 32.6 Å². The molecule has 0 bridgehead atoms. The molecule has 2 unspecified atom stereocenters. The van der Waals surface area contributed by atoms with E-state index in [-0.39, 0.29) is 63.2 Å². The summed E-state index contributed by atoms with van der Waals surface area (Å²) in [5.74, 6) is -4.79. The molecule has 2 aliphatic rings. The molecule has 7 N–H and O–H groups in total. The molecule has 0 aromatic rings. The molecule has 43 heavy (non-hydrogen) atoms. The van der Waals surface area contributed by atoms with Gasteiger partial charge in [0.25, 0.3) is 11.8 Å². The number of halogens is 3. The fourth-order valence-corrected chi connectivity index (χ4v) is 5.24. The van der Waals surface area contributed by atoms with Crippen LogP contribution in [0.3, 0.4) is 0 Å². The molecule has 0 aromatic heterocycles. The zero-order chi connectivity index (χ0) is 32.5. The highest BCUT2D eigenvalue weighted by Gasteiger charge is 2.42. The summed E-state index contributed by atoms with van der Waals surface area (Å²) in [5, 5.41) is 21.2. The van der Waals surface area contributed by atoms with E-state index in [1.807, 2.05) is 0 Å². The number of primary amides is 1. The van der Waals surface area contributed by atoms with E-state index >= 15 is 0 Å². The predicted molar refractivity (Wildman–Crippen MR) is 148 cm³/mol. The second kappa shape index (κ2) is 16.1. The Morgan fingerprint density at radius 2 is 1.65 bits per heavy atom. The van der Waals surface area contributed by atoms with Crippen molar-refractivity contribution >= 4 is 29.7 Å². The summed E-state index contributed by atoms with van der Waals surface area (Å²) in [4.78, 5) is 64.7. The normalized spacial score (nSPS) is 21.1. The summed E-state index contributed by atoms with van der Waals surface area (Å²) in [6.07, 6.45) is -8.64. The Hall–Kier alpha value is -3.14. The molecular formula is C27H45F3N6O7. The minimum absolute atomic E-state index is 0.0126. The Labute approximate surface area is 249 Å². The SMILES string of the molecule is CC(C)C[C@H](NC(=O)[C@H](CN1CCC(C(F)(F)F)CC1)OC(N)=O)C(=O)N[C@@H](CC1CCNC1=O)C(O)C(=O)NC(C)C. The van der Waals surface area contributed by atoms with E-state index in [4.69, 9.17) is 10.5 Å². The molecule has 13 nitrogen and oxygen atoms in total. The fraction of sp³-hybridized carbons (Fsp3) is 0.815. The third-order valence-corrected chi connectivity index (χ3v) is 7.48. The van der Waals surface area contributed by atoms with E-state index in [2.05, 4.69) is 21.3 Å². The number of ether oxygens (including phenoxy) is 1. The van der Waals surface area contributed by atoms with Crippen LogP contribution in [0, 0.1) is 17.8 Å². The monoisotopic (exact) mass is 622 g/mol. The first-order valence-corrected chi connectivity index (χ1v) is 14.6. The molecule has 5 atom stereocenters. The maximum Gasteiger partial charge on any atom is 0.405 e. The number of hydrogen-bond acceptors (Lipinski definition) is 8. The van der Waals surface area contributed by atoms with Crippen molar-refractivity contribution in [3.8, 4) is 0 Å². The Kier molecular flexibility index (Phi) is 13.5. The fourth-order valence-electron chi connectivity index (χ4n) is 5.24. The van der Waals surface area contributed by atoms with Crippen LogP contribution in [0.15, 0.2) is 0 Å². The van der Waals surface area contributed by atoms with Gasteiger partial charge in [-0.2, -0.15) is 13.2 Å². The largest absolute Gasteiger partial charge is 0.435 e. The molecule has 0 saturated carbocycles. The maximum atomic E-state index is 13.5. The zero-order valence-corrected chi connectivity index (χ0v) is 25.0. The Balaban J connectivity index is 2.17. The van der Waals surface area contributed by atoms with Crippen molar-refractivity contribution in [2.45, 2.75) is 96.3 Å². The first kappa shape index (κ1) is 36.1. The quantitative estimate of drug-likeness (QED) is 0.158. The number of likely N-dealkylation sites (tertiary alicyclic amines) is 1. The van der Waals surface area contributed by atoms with Crippen molar-refractivity contribution in [2.75, 3.05) is 26.2 Å². The number of carbonyl (C=O) groups excluding carboxylic acids is 5. The topological polar surface area (TPSA) is 192 Å². The lowest BCUT2D eigenvalue weighted by Gasteiger charge is -2.34. The van der Waals surface area contributed by atoms with E-state index < -0.39 is 66.1 Å². The van der Waals surface area contributed by atoms with Gasteiger partial charge in [-0.1, -0.05) is 13.8 Å². The van der Waals surface area contributed by atoms with Gasteiger partial charge < -0.3 is 36.8 Å². The van der Waals surface area contributed by atoms with E-state index in [1.165, 1.54) is 0 Å². The molecule has 2 fully saturated rings. The second-order valence-corrected chi connectivity index (χ2v) is 12.0. The van der Waals surface area contributed by atoms with Gasteiger partial charge >= 0.3 is 12.3 Å². The summed E-state index contributed by atoms with van der Waals surface area (Å²) in [6.45, 7) is 7.18. The minimum atomic E-state index is -4.33. The van der Waals surface area contributed by atoms with Crippen molar-refractivity contribution in [1.29, 1.82) is 0 Å². The van der Waals surface area contributed by atoms with Gasteiger partial charge in [0.05, 0.1) is 12.0 Å². The van der Waals surface area contributed by atoms with Crippen LogP contribution in [-0.2, 0) is 23.9 Å². The first-order chi connectivity index (χ1) is 20.0. The Morgan fingerprint density at radius 1 is 1.02 bits per heavy atom. The van der Waals surface area contributed by atoms with Crippen molar-refractivity contribution < 1.29 is 47.0 Å². The highest BCUT2D eigenvalue weighted by Crippen LogP contribution is 2.34. The van der Waals surface area contributed by atoms with Crippen molar-refractivity contribution in [3.05, 3.63) is 0 Å². The van der Waals surface area contributed by atoms with Gasteiger partial charge in [-0.05, 0) is 65.0 Å². The van der Waals surface area contributed by atoms with Gasteiger partial charge in [-0.15, -0.1) is 0 Å². The van der Waals surface area contributed by atoms with Crippen LogP contribution < -0.4 is 27.0 Å². The van der Waals surface area contributed by atoms with Crippen molar-refractivity contribution in [2.24, 2.45) is 23.5 Å². The summed E-state index contributed by atoms with van der Waals surface area (Å²) in [5.41, 5.74) is 5.15. The number of aliphatic hydroxyl groups excluding tert-OH is 1. The number of carbonyl (C=O) groups is 5. The predicted octanol–water partition coefficient (Wildman–Crippen LogP) is 0.152. The average Bonchev–Trinajstić information content (AvgIpc) is 3.29. The number of hydrogen-bond donors (Lipinski definition) is 6. The van der Waals surface area contributed by atoms with Gasteiger partial charge in [0, 0.05) is 25.0 Å². The van der Waals surface area contributed by atoms with Gasteiger partial charge in [0.15, 0.2) is 12.2 Å². The number of piperidine rings is 1. The summed E-state index contributed by atoms with van der Waals surface area (Å²) >= 11 is 0. The molecule has 0 aromatic carbocycles. The Morgan fingerprint density at radius 3 is 2.14 bits per heavy atom. The number of alkyl halides is 3. The third-order valence-electron chi connectivity index (χ3n) is 7.48. The van der Waals surface area contributed by atoms with Crippen LogP contribution in [-0.4, -0.2) is 102 Å². The molecule has 2 heterocycles. The Bertz CT molecular complexity index is 989. The number of aliphatic hydroxyl groups is 1. The van der Waals surface area contributed by atoms with Gasteiger partial charge in [-0.3, -0.25) is 24.1 Å². The van der Waals surface area contributed by atoms with Crippen LogP contribution in [0.4, 0.5) is 18.0 Å². The lowest BCUT2D eigenvalue weighted by Crippen LogP contribution is -2.58. The molecule has 2 rings (SSSR count). The molecule has 16 heteroatoms. The third kappa shape index (κ3) is 11.8. The number of rotatable bonds is 14. The molecule has 2 aliphatic heterocycles. The molecule has 2 saturated heterocycles. The molecule has 0 spiro atoms. The lowest BCUT2D eigenvalue weighted by molar-refractivity contribution is -0.185. The van der Waals surface area contributed by atoms with Crippen LogP contribution in [0.2, 0.25) is 0 Å². The van der Waals surface area contributed by atoms with Crippen LogP contribution in [0.25, 0.3) is 0 Å². The zero-order valence-electron chi connectivity index (χ0n) is 25.0. The van der Waals surface area contributed by atoms with E-state index in [0.717, 1.165) is 0 Å². The highest BCUT2D eigenvalue weighted by molar-refractivity contribution is 5.91. The van der Waals surface area contributed by atoms with Crippen LogP contribution in [0.5, 0.6) is 0 Å². The number of nitrogens with zero attached hydrogens (tertiary/aromatic N) is 1. The summed E-state index contributed by atoms with van der Waals surface area (Å²) in [6, 6.07) is -2.68. The molecule has 0 radical (unpaired) electrons. The highest BCUT2D eigenvalue weighted by atomic mass is 19.4. The minimum Gasteiger partial charge on any atom is -0.435 e. The average molecular weight is 623 g/mol. The van der Waals surface area contributed by atoms with Gasteiger partial charge in [-0.25, -0.2) is 4.79 Å². The van der Waals surface area contributed by atoms with E-state index in [0.29, 0.717) is 13.0 Å². The summed E-state index contributed by atoms with van der Waals surface area (Å²) in [7, 11) is 0. The van der Waals surface area contributed by atoms with Crippen molar-refractivity contribution in [1.82, 2.24) is 26.2 Å². The molecule has 0 aliphatic carbocycles. The molecular weight excluding hydrogens is 577 g/mol. The maximum absolute atomic E-state index is 13.5. The van der Waals surface area contributed by atoms with Crippen LogP contribution >= 0.6 is 0 Å². The lowest BCUT2D eigenvalue weighted by atomic mass is 9.93. The second-order valence-electron chi connectivity index (χ2n) is 12.0. The standard InChI is InChI=1S/C27H45F3N6O7/c1-14(2)11-19(23(39)34-18(12-16-5-8-32-22(16)38)21(37)25(41)33-15(3)4)35-24(40)20(43-26(31)42)13-36-9-6-17(7-10-36)27(28,29)30/h14-21,37H,5-13H2,1-4H3,(H2,31,42)(H,32,38)(H,33,41)(H,34,39)(H,35,40)/t16?,18-,19-,20-,21?/m0/s1.